The van der Waals surface area contributed by atoms with E-state index < -0.39 is 15.8 Å². The summed E-state index contributed by atoms with van der Waals surface area (Å²) in [7, 11) is -3.22. The van der Waals surface area contributed by atoms with Gasteiger partial charge in [-0.15, -0.1) is 0 Å². The Morgan fingerprint density at radius 1 is 1.53 bits per heavy atom. The van der Waals surface area contributed by atoms with Gasteiger partial charge in [0.15, 0.2) is 0 Å². The number of hydrogen-bond acceptors (Lipinski definition) is 5. The summed E-state index contributed by atoms with van der Waals surface area (Å²) in [5, 5.41) is 0. The maximum absolute atomic E-state index is 13.9. The zero-order chi connectivity index (χ0) is 14.0. The van der Waals surface area contributed by atoms with Gasteiger partial charge < -0.3 is 4.74 Å². The van der Waals surface area contributed by atoms with E-state index in [9.17, 15) is 12.8 Å². The molecule has 1 atom stereocenters. The molecule has 6 nitrogen and oxygen atoms in total. The molecule has 0 amide bonds. The van der Waals surface area contributed by atoms with Crippen LogP contribution in [0.4, 0.5) is 4.39 Å². The van der Waals surface area contributed by atoms with Gasteiger partial charge in [-0.05, 0) is 12.8 Å². The highest BCUT2D eigenvalue weighted by Gasteiger charge is 2.30. The molecule has 0 aromatic carbocycles. The van der Waals surface area contributed by atoms with Gasteiger partial charge in [0.05, 0.1) is 18.5 Å². The first-order valence-electron chi connectivity index (χ1n) is 6.03. The smallest absolute Gasteiger partial charge is 0.254 e. The molecule has 0 radical (unpaired) electrons. The van der Waals surface area contributed by atoms with Crippen molar-refractivity contribution in [3.63, 3.8) is 0 Å². The lowest BCUT2D eigenvalue weighted by atomic mass is 10.3. The fourth-order valence-corrected chi connectivity index (χ4v) is 2.84. The number of rotatable bonds is 4. The second-order valence-corrected chi connectivity index (χ2v) is 6.43. The number of hydrogen-bond donors (Lipinski definition) is 0. The first-order chi connectivity index (χ1) is 8.91. The molecule has 1 fully saturated rings. The molecular formula is C11H16FN3O3S. The Hall–Kier alpha value is -1.28. The first-order valence-corrected chi connectivity index (χ1v) is 7.87. The van der Waals surface area contributed by atoms with Crippen molar-refractivity contribution in [3.05, 3.63) is 17.8 Å². The predicted octanol–water partition coefficient (Wildman–Crippen LogP) is 0.591. The Morgan fingerprint density at radius 2 is 2.26 bits per heavy atom. The molecule has 1 aromatic rings. The molecule has 0 aliphatic carbocycles. The molecule has 1 aliphatic rings. The fraction of sp³-hybridized carbons (Fsp3) is 0.636. The summed E-state index contributed by atoms with van der Waals surface area (Å²) >= 11 is 0. The van der Waals surface area contributed by atoms with Crippen LogP contribution in [-0.2, 0) is 16.4 Å². The van der Waals surface area contributed by atoms with Gasteiger partial charge in [0, 0.05) is 6.54 Å². The third-order valence-corrected chi connectivity index (χ3v) is 4.29. The van der Waals surface area contributed by atoms with Crippen molar-refractivity contribution < 1.29 is 17.5 Å². The minimum atomic E-state index is -3.22. The highest BCUT2D eigenvalue weighted by atomic mass is 32.2. The van der Waals surface area contributed by atoms with Gasteiger partial charge in [-0.2, -0.15) is 13.7 Å². The number of aryl methyl sites for hydroxylation is 1. The molecule has 1 unspecified atom stereocenters. The van der Waals surface area contributed by atoms with Crippen molar-refractivity contribution in [2.45, 2.75) is 25.9 Å². The molecular weight excluding hydrogens is 273 g/mol. The minimum absolute atomic E-state index is 0.104. The topological polar surface area (TPSA) is 72.4 Å². The van der Waals surface area contributed by atoms with E-state index in [0.29, 0.717) is 25.1 Å². The van der Waals surface area contributed by atoms with Gasteiger partial charge in [-0.3, -0.25) is 0 Å². The van der Waals surface area contributed by atoms with Crippen LogP contribution in [0.2, 0.25) is 0 Å². The fourth-order valence-electron chi connectivity index (χ4n) is 1.97. The van der Waals surface area contributed by atoms with Crippen LogP contribution in [0.3, 0.4) is 0 Å². The van der Waals surface area contributed by atoms with Gasteiger partial charge in [-0.25, -0.2) is 13.4 Å². The quantitative estimate of drug-likeness (QED) is 0.811. The Labute approximate surface area is 111 Å². The molecule has 1 saturated heterocycles. The molecule has 19 heavy (non-hydrogen) atoms. The third kappa shape index (κ3) is 3.19. The Morgan fingerprint density at radius 3 is 2.84 bits per heavy atom. The maximum atomic E-state index is 13.9. The number of halogens is 1. The summed E-state index contributed by atoms with van der Waals surface area (Å²) in [4.78, 5) is 7.58. The molecule has 0 spiro atoms. The predicted molar refractivity (Wildman–Crippen MR) is 66.8 cm³/mol. The largest absolute Gasteiger partial charge is 0.471 e. The minimum Gasteiger partial charge on any atom is -0.471 e. The molecule has 0 saturated carbocycles. The number of aromatic nitrogens is 2. The second kappa shape index (κ2) is 5.38. The molecule has 0 N–H and O–H groups in total. The number of ether oxygens (including phenoxy) is 1. The van der Waals surface area contributed by atoms with E-state index in [1.807, 2.05) is 0 Å². The van der Waals surface area contributed by atoms with Crippen LogP contribution in [0.5, 0.6) is 5.88 Å². The van der Waals surface area contributed by atoms with Crippen LogP contribution in [0.25, 0.3) is 0 Å². The van der Waals surface area contributed by atoms with Crippen molar-refractivity contribution in [2.75, 3.05) is 19.3 Å². The number of nitrogens with zero attached hydrogens (tertiary/aromatic N) is 3. The van der Waals surface area contributed by atoms with Crippen LogP contribution in [0.15, 0.2) is 6.33 Å². The molecule has 106 valence electrons. The number of sulfonamides is 1. The van der Waals surface area contributed by atoms with Crippen LogP contribution in [0, 0.1) is 5.82 Å². The lowest BCUT2D eigenvalue weighted by molar-refractivity contribution is 0.195. The van der Waals surface area contributed by atoms with Gasteiger partial charge in [0.2, 0.25) is 15.8 Å². The Kier molecular flexibility index (Phi) is 4.00. The van der Waals surface area contributed by atoms with Gasteiger partial charge in [0.1, 0.15) is 12.4 Å². The summed E-state index contributed by atoms with van der Waals surface area (Å²) in [5.41, 5.74) is 0.294. The maximum Gasteiger partial charge on any atom is 0.254 e. The van der Waals surface area contributed by atoms with E-state index in [1.54, 1.807) is 6.92 Å². The average molecular weight is 289 g/mol. The van der Waals surface area contributed by atoms with Crippen LogP contribution in [0.1, 0.15) is 19.0 Å². The Balaban J connectivity index is 2.08. The van der Waals surface area contributed by atoms with E-state index in [4.69, 9.17) is 4.74 Å². The summed E-state index contributed by atoms with van der Waals surface area (Å²) < 4.78 is 43.4. The van der Waals surface area contributed by atoms with Crippen molar-refractivity contribution >= 4 is 10.0 Å². The van der Waals surface area contributed by atoms with E-state index in [-0.39, 0.29) is 18.5 Å². The average Bonchev–Trinajstić information content (AvgIpc) is 2.80. The van der Waals surface area contributed by atoms with E-state index in [2.05, 4.69) is 9.97 Å². The molecule has 2 rings (SSSR count). The highest BCUT2D eigenvalue weighted by molar-refractivity contribution is 7.88. The molecule has 0 bridgehead atoms. The Bertz CT molecular complexity index is 564. The van der Waals surface area contributed by atoms with Crippen molar-refractivity contribution in [2.24, 2.45) is 0 Å². The standard InChI is InChI=1S/C11H16FN3O3S/c1-3-9-10(12)11(14-7-13-9)18-8-4-5-15(6-8)19(2,16)17/h7-8H,3-6H2,1-2H3. The lowest BCUT2D eigenvalue weighted by Crippen LogP contribution is -2.30. The molecule has 1 aromatic heterocycles. The normalized spacial score (nSPS) is 20.7. The van der Waals surface area contributed by atoms with E-state index in [1.165, 1.54) is 10.6 Å². The van der Waals surface area contributed by atoms with E-state index in [0.717, 1.165) is 6.26 Å². The van der Waals surface area contributed by atoms with Crippen LogP contribution >= 0.6 is 0 Å². The first kappa shape index (κ1) is 14.1. The van der Waals surface area contributed by atoms with Crippen LogP contribution in [-0.4, -0.2) is 48.1 Å². The summed E-state index contributed by atoms with van der Waals surface area (Å²) in [5.74, 6) is -0.671. The van der Waals surface area contributed by atoms with Crippen molar-refractivity contribution in [1.82, 2.24) is 14.3 Å². The van der Waals surface area contributed by atoms with Crippen molar-refractivity contribution in [1.29, 1.82) is 0 Å². The molecule has 8 heteroatoms. The summed E-state index contributed by atoms with van der Waals surface area (Å²) in [6, 6.07) is 0. The second-order valence-electron chi connectivity index (χ2n) is 4.44. The molecule has 1 aliphatic heterocycles. The van der Waals surface area contributed by atoms with E-state index >= 15 is 0 Å². The van der Waals surface area contributed by atoms with Crippen molar-refractivity contribution in [3.8, 4) is 5.88 Å². The van der Waals surface area contributed by atoms with Gasteiger partial charge >= 0.3 is 0 Å². The third-order valence-electron chi connectivity index (χ3n) is 3.02. The molecule has 2 heterocycles. The zero-order valence-corrected chi connectivity index (χ0v) is 11.7. The zero-order valence-electron chi connectivity index (χ0n) is 10.8. The lowest BCUT2D eigenvalue weighted by Gasteiger charge is -2.15. The van der Waals surface area contributed by atoms with Gasteiger partial charge in [0.25, 0.3) is 5.88 Å². The highest BCUT2D eigenvalue weighted by Crippen LogP contribution is 2.21. The van der Waals surface area contributed by atoms with Crippen LogP contribution < -0.4 is 4.74 Å². The monoisotopic (exact) mass is 289 g/mol. The summed E-state index contributed by atoms with van der Waals surface area (Å²) in [6.07, 6.45) is 3.00. The SMILES string of the molecule is CCc1ncnc(OC2CCN(S(C)(=O)=O)C2)c1F. The summed E-state index contributed by atoms with van der Waals surface area (Å²) in [6.45, 7) is 2.40. The van der Waals surface area contributed by atoms with Gasteiger partial charge in [-0.1, -0.05) is 6.92 Å².